The fraction of sp³-hybridized carbons (Fsp3) is 0.833. The molecule has 0 bridgehead atoms. The normalized spacial score (nSPS) is 26.1. The van der Waals surface area contributed by atoms with Crippen LogP contribution in [0.15, 0.2) is 0 Å². The number of carbonyl (C=O) groups excluding carboxylic acids is 2. The van der Waals surface area contributed by atoms with Crippen molar-refractivity contribution in [3.63, 3.8) is 0 Å². The highest BCUT2D eigenvalue weighted by Gasteiger charge is 2.32. The molecule has 2 fully saturated rings. The van der Waals surface area contributed by atoms with Gasteiger partial charge in [0.25, 0.3) is 0 Å². The van der Waals surface area contributed by atoms with Crippen LogP contribution in [0, 0.1) is 5.92 Å². The van der Waals surface area contributed by atoms with Crippen LogP contribution in [0.4, 0.5) is 0 Å². The Hall–Kier alpha value is -1.06. The quantitative estimate of drug-likeness (QED) is 0.758. The Labute approximate surface area is 96.4 Å². The van der Waals surface area contributed by atoms with Gasteiger partial charge >= 0.3 is 0 Å². The second kappa shape index (κ2) is 4.85. The highest BCUT2D eigenvalue weighted by atomic mass is 16.2. The molecule has 1 aliphatic heterocycles. The lowest BCUT2D eigenvalue weighted by Crippen LogP contribution is -2.39. The molecule has 2 amide bonds. The number of carbonyl (C=O) groups is 2. The molecule has 4 heteroatoms. The fourth-order valence-corrected chi connectivity index (χ4v) is 2.80. The Morgan fingerprint density at radius 3 is 2.50 bits per heavy atom. The topological polar surface area (TPSA) is 49.4 Å². The number of nitrogens with one attached hydrogen (secondary N) is 1. The van der Waals surface area contributed by atoms with Gasteiger partial charge in [-0.05, 0) is 19.3 Å². The summed E-state index contributed by atoms with van der Waals surface area (Å²) < 4.78 is 0. The van der Waals surface area contributed by atoms with Crippen LogP contribution in [-0.2, 0) is 9.59 Å². The van der Waals surface area contributed by atoms with Crippen molar-refractivity contribution in [1.82, 2.24) is 10.2 Å². The third-order valence-corrected chi connectivity index (χ3v) is 3.61. The zero-order valence-electron chi connectivity index (χ0n) is 9.87. The number of rotatable bonds is 2. The maximum atomic E-state index is 12.1. The third-order valence-electron chi connectivity index (χ3n) is 3.61. The van der Waals surface area contributed by atoms with Crippen LogP contribution >= 0.6 is 0 Å². The molecule has 0 aromatic rings. The van der Waals surface area contributed by atoms with Crippen LogP contribution in [0.25, 0.3) is 0 Å². The predicted molar refractivity (Wildman–Crippen MR) is 60.8 cm³/mol. The molecule has 0 spiro atoms. The molecule has 0 radical (unpaired) electrons. The van der Waals surface area contributed by atoms with Gasteiger partial charge in [0, 0.05) is 32.0 Å². The first-order valence-corrected chi connectivity index (χ1v) is 6.22. The van der Waals surface area contributed by atoms with E-state index in [4.69, 9.17) is 0 Å². The van der Waals surface area contributed by atoms with Gasteiger partial charge in [0.05, 0.1) is 0 Å². The molecule has 0 unspecified atom stereocenters. The molecule has 2 aliphatic rings. The van der Waals surface area contributed by atoms with Gasteiger partial charge in [-0.25, -0.2) is 0 Å². The lowest BCUT2D eigenvalue weighted by Gasteiger charge is -2.20. The van der Waals surface area contributed by atoms with Gasteiger partial charge in [0.2, 0.25) is 11.8 Å². The van der Waals surface area contributed by atoms with Crippen LogP contribution in [0.1, 0.15) is 39.0 Å². The van der Waals surface area contributed by atoms with Crippen molar-refractivity contribution in [2.75, 3.05) is 13.1 Å². The molecule has 0 aromatic heterocycles. The predicted octanol–water partition coefficient (Wildman–Crippen LogP) is 0.914. The minimum absolute atomic E-state index is 0.000153. The monoisotopic (exact) mass is 224 g/mol. The molecule has 90 valence electrons. The molecular formula is C12H20N2O2. The second-order valence-electron chi connectivity index (χ2n) is 4.95. The van der Waals surface area contributed by atoms with Crippen LogP contribution in [-0.4, -0.2) is 35.8 Å². The molecular weight excluding hydrogens is 204 g/mol. The van der Waals surface area contributed by atoms with Gasteiger partial charge in [0.1, 0.15) is 0 Å². The highest BCUT2D eigenvalue weighted by Crippen LogP contribution is 2.27. The van der Waals surface area contributed by atoms with Crippen molar-refractivity contribution in [3.8, 4) is 0 Å². The molecule has 2 rings (SSSR count). The van der Waals surface area contributed by atoms with Gasteiger partial charge in [-0.2, -0.15) is 0 Å². The molecule has 1 aliphatic carbocycles. The van der Waals surface area contributed by atoms with E-state index in [1.165, 1.54) is 19.8 Å². The first kappa shape index (κ1) is 11.4. The molecule has 1 saturated carbocycles. The standard InChI is InChI=1S/C12H20N2O2/c1-9(15)13-11-6-7-14(8-11)12(16)10-4-2-3-5-10/h10-11H,2-8H2,1H3,(H,13,15)/t11-/m1/s1. The Morgan fingerprint density at radius 1 is 1.19 bits per heavy atom. The summed E-state index contributed by atoms with van der Waals surface area (Å²) >= 11 is 0. The molecule has 4 nitrogen and oxygen atoms in total. The summed E-state index contributed by atoms with van der Waals surface area (Å²) in [5, 5.41) is 2.88. The summed E-state index contributed by atoms with van der Waals surface area (Å²) in [7, 11) is 0. The number of hydrogen-bond acceptors (Lipinski definition) is 2. The van der Waals surface area contributed by atoms with E-state index in [-0.39, 0.29) is 17.9 Å². The Morgan fingerprint density at radius 2 is 1.88 bits per heavy atom. The Bertz CT molecular complexity index is 285. The SMILES string of the molecule is CC(=O)N[C@@H]1CCN(C(=O)C2CCCC2)C1. The Balaban J connectivity index is 1.83. The zero-order chi connectivity index (χ0) is 11.5. The first-order chi connectivity index (χ1) is 7.66. The van der Waals surface area contributed by atoms with E-state index in [0.717, 1.165) is 25.8 Å². The van der Waals surface area contributed by atoms with E-state index in [9.17, 15) is 9.59 Å². The van der Waals surface area contributed by atoms with E-state index >= 15 is 0 Å². The third kappa shape index (κ3) is 2.54. The van der Waals surface area contributed by atoms with Crippen LogP contribution in [0.5, 0.6) is 0 Å². The molecule has 16 heavy (non-hydrogen) atoms. The summed E-state index contributed by atoms with van der Waals surface area (Å²) in [6.45, 7) is 3.04. The van der Waals surface area contributed by atoms with Crippen molar-refractivity contribution >= 4 is 11.8 Å². The van der Waals surface area contributed by atoms with Crippen molar-refractivity contribution in [1.29, 1.82) is 0 Å². The molecule has 1 N–H and O–H groups in total. The van der Waals surface area contributed by atoms with E-state index in [0.29, 0.717) is 12.5 Å². The van der Waals surface area contributed by atoms with Gasteiger partial charge in [-0.3, -0.25) is 9.59 Å². The average molecular weight is 224 g/mol. The van der Waals surface area contributed by atoms with Crippen LogP contribution < -0.4 is 5.32 Å². The van der Waals surface area contributed by atoms with E-state index in [1.807, 2.05) is 4.90 Å². The molecule has 1 heterocycles. The summed E-state index contributed by atoms with van der Waals surface area (Å²) in [6, 6.07) is 0.169. The number of amides is 2. The zero-order valence-corrected chi connectivity index (χ0v) is 9.87. The second-order valence-corrected chi connectivity index (χ2v) is 4.95. The lowest BCUT2D eigenvalue weighted by molar-refractivity contribution is -0.134. The summed E-state index contributed by atoms with van der Waals surface area (Å²) in [4.78, 5) is 24.9. The van der Waals surface area contributed by atoms with Gasteiger partial charge in [-0.15, -0.1) is 0 Å². The van der Waals surface area contributed by atoms with Crippen molar-refractivity contribution < 1.29 is 9.59 Å². The molecule has 1 saturated heterocycles. The molecule has 0 aromatic carbocycles. The van der Waals surface area contributed by atoms with E-state index < -0.39 is 0 Å². The maximum absolute atomic E-state index is 12.1. The Kier molecular flexibility index (Phi) is 3.46. The minimum Gasteiger partial charge on any atom is -0.352 e. The highest BCUT2D eigenvalue weighted by molar-refractivity contribution is 5.79. The van der Waals surface area contributed by atoms with E-state index in [2.05, 4.69) is 5.32 Å². The smallest absolute Gasteiger partial charge is 0.225 e. The number of nitrogens with zero attached hydrogens (tertiary/aromatic N) is 1. The van der Waals surface area contributed by atoms with Crippen molar-refractivity contribution in [2.24, 2.45) is 5.92 Å². The average Bonchev–Trinajstić information content (AvgIpc) is 2.84. The minimum atomic E-state index is 0.000153. The molecule has 1 atom stereocenters. The largest absolute Gasteiger partial charge is 0.352 e. The summed E-state index contributed by atoms with van der Waals surface area (Å²) in [6.07, 6.45) is 5.40. The van der Waals surface area contributed by atoms with Crippen molar-refractivity contribution in [2.45, 2.75) is 45.1 Å². The van der Waals surface area contributed by atoms with E-state index in [1.54, 1.807) is 0 Å². The van der Waals surface area contributed by atoms with Gasteiger partial charge < -0.3 is 10.2 Å². The fourth-order valence-electron chi connectivity index (χ4n) is 2.80. The summed E-state index contributed by atoms with van der Waals surface area (Å²) in [5.74, 6) is 0.571. The van der Waals surface area contributed by atoms with Crippen molar-refractivity contribution in [3.05, 3.63) is 0 Å². The first-order valence-electron chi connectivity index (χ1n) is 6.22. The van der Waals surface area contributed by atoms with Gasteiger partial charge in [0.15, 0.2) is 0 Å². The maximum Gasteiger partial charge on any atom is 0.225 e. The number of likely N-dealkylation sites (tertiary alicyclic amines) is 1. The van der Waals surface area contributed by atoms with Crippen LogP contribution in [0.2, 0.25) is 0 Å². The van der Waals surface area contributed by atoms with Gasteiger partial charge in [-0.1, -0.05) is 12.8 Å². The summed E-state index contributed by atoms with van der Waals surface area (Å²) in [5.41, 5.74) is 0. The number of hydrogen-bond donors (Lipinski definition) is 1. The lowest BCUT2D eigenvalue weighted by atomic mass is 10.1. The van der Waals surface area contributed by atoms with Crippen LogP contribution in [0.3, 0.4) is 0 Å².